The predicted molar refractivity (Wildman–Crippen MR) is 92.3 cm³/mol. The lowest BCUT2D eigenvalue weighted by Gasteiger charge is -2.15. The Morgan fingerprint density at radius 2 is 1.92 bits per heavy atom. The van der Waals surface area contributed by atoms with Gasteiger partial charge in [0.15, 0.2) is 0 Å². The molecule has 0 radical (unpaired) electrons. The Morgan fingerprint density at radius 3 is 2.50 bits per heavy atom. The maximum Gasteiger partial charge on any atom is 0.251 e. The van der Waals surface area contributed by atoms with Crippen molar-refractivity contribution in [3.63, 3.8) is 0 Å². The zero-order valence-electron chi connectivity index (χ0n) is 14.1. The van der Waals surface area contributed by atoms with E-state index in [2.05, 4.69) is 15.0 Å². The molecule has 7 heteroatoms. The van der Waals surface area contributed by atoms with E-state index in [0.717, 1.165) is 11.3 Å². The van der Waals surface area contributed by atoms with Gasteiger partial charge in [0.2, 0.25) is 10.0 Å². The first kappa shape index (κ1) is 18.1. The molecule has 0 aliphatic rings. The van der Waals surface area contributed by atoms with Crippen LogP contribution < -0.4 is 10.0 Å². The van der Waals surface area contributed by atoms with Gasteiger partial charge < -0.3 is 5.32 Å². The van der Waals surface area contributed by atoms with Gasteiger partial charge in [-0.15, -0.1) is 0 Å². The van der Waals surface area contributed by atoms with Crippen LogP contribution in [0.3, 0.4) is 0 Å². The fourth-order valence-electron chi connectivity index (χ4n) is 2.33. The Bertz CT molecular complexity index is 849. The van der Waals surface area contributed by atoms with Crippen LogP contribution in [-0.4, -0.2) is 26.4 Å². The molecule has 1 aromatic heterocycles. The lowest BCUT2D eigenvalue weighted by atomic mass is 10.1. The van der Waals surface area contributed by atoms with Crippen LogP contribution in [0.15, 0.2) is 41.4 Å². The van der Waals surface area contributed by atoms with Crippen LogP contribution in [0.4, 0.5) is 0 Å². The van der Waals surface area contributed by atoms with Crippen molar-refractivity contribution in [2.45, 2.75) is 31.7 Å². The van der Waals surface area contributed by atoms with Crippen molar-refractivity contribution in [3.8, 4) is 0 Å². The van der Waals surface area contributed by atoms with Gasteiger partial charge >= 0.3 is 0 Å². The summed E-state index contributed by atoms with van der Waals surface area (Å²) in [6, 6.07) is 8.26. The lowest BCUT2D eigenvalue weighted by Crippen LogP contribution is -2.28. The van der Waals surface area contributed by atoms with E-state index in [4.69, 9.17) is 0 Å². The minimum Gasteiger partial charge on any atom is -0.344 e. The van der Waals surface area contributed by atoms with Gasteiger partial charge in [-0.2, -0.15) is 0 Å². The summed E-state index contributed by atoms with van der Waals surface area (Å²) in [5, 5.41) is 2.84. The summed E-state index contributed by atoms with van der Waals surface area (Å²) in [7, 11) is -2.28. The molecule has 0 unspecified atom stereocenters. The average Bonchev–Trinajstić information content (AvgIpc) is 2.57. The van der Waals surface area contributed by atoms with Gasteiger partial charge in [0.25, 0.3) is 5.91 Å². The Labute approximate surface area is 142 Å². The molecule has 128 valence electrons. The molecule has 0 saturated heterocycles. The molecule has 1 atom stereocenters. The zero-order chi connectivity index (χ0) is 17.9. The number of nitrogens with zero attached hydrogens (tertiary/aromatic N) is 1. The number of hydrogen-bond donors (Lipinski definition) is 2. The molecule has 24 heavy (non-hydrogen) atoms. The fraction of sp³-hybridized carbons (Fsp3) is 0.294. The molecule has 0 bridgehead atoms. The summed E-state index contributed by atoms with van der Waals surface area (Å²) < 4.78 is 26.6. The number of hydrogen-bond acceptors (Lipinski definition) is 4. The van der Waals surface area contributed by atoms with Crippen LogP contribution >= 0.6 is 0 Å². The first-order valence-electron chi connectivity index (χ1n) is 7.53. The summed E-state index contributed by atoms with van der Waals surface area (Å²) in [6.45, 7) is 5.33. The number of carbonyl (C=O) groups is 1. The van der Waals surface area contributed by atoms with Gasteiger partial charge in [-0.25, -0.2) is 13.1 Å². The standard InChI is InChI=1S/C17H21N3O3S/c1-11-9-14(10-16(12(11)2)24(22,23)18-4)17(21)20-13(3)15-7-5-6-8-19-15/h5-10,13,18H,1-4H3,(H,20,21)/t13-/m0/s1. The van der Waals surface area contributed by atoms with Crippen LogP contribution in [0.25, 0.3) is 0 Å². The van der Waals surface area contributed by atoms with Crippen molar-refractivity contribution >= 4 is 15.9 Å². The van der Waals surface area contributed by atoms with Gasteiger partial charge in [0.1, 0.15) is 0 Å². The molecule has 6 nitrogen and oxygen atoms in total. The first-order valence-corrected chi connectivity index (χ1v) is 9.01. The second-order valence-corrected chi connectivity index (χ2v) is 7.43. The van der Waals surface area contributed by atoms with Crippen LogP contribution in [0, 0.1) is 13.8 Å². The van der Waals surface area contributed by atoms with Crippen LogP contribution in [0.1, 0.15) is 40.1 Å². The second kappa shape index (κ2) is 7.11. The highest BCUT2D eigenvalue weighted by Crippen LogP contribution is 2.21. The summed E-state index contributed by atoms with van der Waals surface area (Å²) in [5.74, 6) is -0.344. The molecule has 0 aliphatic heterocycles. The van der Waals surface area contributed by atoms with Crippen LogP contribution in [-0.2, 0) is 10.0 Å². The number of pyridine rings is 1. The third-order valence-corrected chi connectivity index (χ3v) is 5.46. The largest absolute Gasteiger partial charge is 0.344 e. The van der Waals surface area contributed by atoms with Gasteiger partial charge in [0, 0.05) is 11.8 Å². The Kier molecular flexibility index (Phi) is 5.36. The summed E-state index contributed by atoms with van der Waals surface area (Å²) in [5.41, 5.74) is 2.40. The molecule has 2 N–H and O–H groups in total. The van der Waals surface area contributed by atoms with Crippen molar-refractivity contribution in [1.29, 1.82) is 0 Å². The smallest absolute Gasteiger partial charge is 0.251 e. The number of amides is 1. The molecule has 0 saturated carbocycles. The van der Waals surface area contributed by atoms with Gasteiger partial charge in [0.05, 0.1) is 16.6 Å². The van der Waals surface area contributed by atoms with Gasteiger partial charge in [-0.1, -0.05) is 6.07 Å². The summed E-state index contributed by atoms with van der Waals surface area (Å²) in [4.78, 5) is 16.8. The highest BCUT2D eigenvalue weighted by molar-refractivity contribution is 7.89. The van der Waals surface area contributed by atoms with Crippen molar-refractivity contribution in [2.24, 2.45) is 0 Å². The average molecular weight is 347 g/mol. The Morgan fingerprint density at radius 1 is 1.21 bits per heavy atom. The van der Waals surface area contributed by atoms with E-state index in [-0.39, 0.29) is 16.8 Å². The van der Waals surface area contributed by atoms with Gasteiger partial charge in [-0.05, 0) is 63.2 Å². The van der Waals surface area contributed by atoms with Crippen molar-refractivity contribution in [3.05, 3.63) is 58.9 Å². The van der Waals surface area contributed by atoms with E-state index in [0.29, 0.717) is 11.1 Å². The number of aryl methyl sites for hydroxylation is 1. The SMILES string of the molecule is CNS(=O)(=O)c1cc(C(=O)N[C@@H](C)c2ccccn2)cc(C)c1C. The molecular formula is C17H21N3O3S. The highest BCUT2D eigenvalue weighted by Gasteiger charge is 2.20. The predicted octanol–water partition coefficient (Wildman–Crippen LogP) is 2.10. The zero-order valence-corrected chi connectivity index (χ0v) is 14.9. The van der Waals surface area contributed by atoms with E-state index in [9.17, 15) is 13.2 Å². The minimum absolute atomic E-state index is 0.112. The fourth-order valence-corrected chi connectivity index (χ4v) is 3.40. The molecule has 2 rings (SSSR count). The van der Waals surface area contributed by atoms with E-state index in [1.165, 1.54) is 13.1 Å². The maximum atomic E-state index is 12.5. The van der Waals surface area contributed by atoms with Crippen LogP contribution in [0.5, 0.6) is 0 Å². The molecule has 1 heterocycles. The lowest BCUT2D eigenvalue weighted by molar-refractivity contribution is 0.0939. The maximum absolute atomic E-state index is 12.5. The normalized spacial score (nSPS) is 12.7. The van der Waals surface area contributed by atoms with E-state index < -0.39 is 10.0 Å². The summed E-state index contributed by atoms with van der Waals surface area (Å²) in [6.07, 6.45) is 1.66. The minimum atomic E-state index is -3.63. The summed E-state index contributed by atoms with van der Waals surface area (Å²) >= 11 is 0. The first-order chi connectivity index (χ1) is 11.3. The molecule has 2 aromatic rings. The molecule has 0 aliphatic carbocycles. The van der Waals surface area contributed by atoms with E-state index in [1.807, 2.05) is 19.1 Å². The van der Waals surface area contributed by atoms with Crippen LogP contribution in [0.2, 0.25) is 0 Å². The third-order valence-electron chi connectivity index (χ3n) is 3.92. The Hall–Kier alpha value is -2.25. The van der Waals surface area contributed by atoms with E-state index >= 15 is 0 Å². The quantitative estimate of drug-likeness (QED) is 0.867. The molecule has 0 spiro atoms. The molecule has 1 amide bonds. The molecule has 0 fully saturated rings. The number of carbonyl (C=O) groups excluding carboxylic acids is 1. The number of aromatic nitrogens is 1. The van der Waals surface area contributed by atoms with Crippen molar-refractivity contribution < 1.29 is 13.2 Å². The monoisotopic (exact) mass is 347 g/mol. The third kappa shape index (κ3) is 3.80. The highest BCUT2D eigenvalue weighted by atomic mass is 32.2. The second-order valence-electron chi connectivity index (χ2n) is 5.57. The molecule has 1 aromatic carbocycles. The van der Waals surface area contributed by atoms with Crippen molar-refractivity contribution in [1.82, 2.24) is 15.0 Å². The number of nitrogens with one attached hydrogen (secondary N) is 2. The Balaban J connectivity index is 2.34. The molecular weight excluding hydrogens is 326 g/mol. The number of rotatable bonds is 5. The van der Waals surface area contributed by atoms with Crippen molar-refractivity contribution in [2.75, 3.05) is 7.05 Å². The number of sulfonamides is 1. The topological polar surface area (TPSA) is 88.2 Å². The van der Waals surface area contributed by atoms with Gasteiger partial charge in [-0.3, -0.25) is 9.78 Å². The number of benzene rings is 1. The van der Waals surface area contributed by atoms with E-state index in [1.54, 1.807) is 32.2 Å².